The molecule has 0 bridgehead atoms. The van der Waals surface area contributed by atoms with Gasteiger partial charge in [-0.2, -0.15) is 0 Å². The summed E-state index contributed by atoms with van der Waals surface area (Å²) < 4.78 is 0. The lowest BCUT2D eigenvalue weighted by Crippen LogP contribution is -2.30. The second kappa shape index (κ2) is 4.87. The first kappa shape index (κ1) is 15.5. The van der Waals surface area contributed by atoms with Gasteiger partial charge < -0.3 is 10.2 Å². The van der Waals surface area contributed by atoms with Gasteiger partial charge in [0.2, 0.25) is 0 Å². The topological polar surface area (TPSA) is 57.5 Å². The van der Waals surface area contributed by atoms with Crippen molar-refractivity contribution in [2.75, 3.05) is 0 Å². The van der Waals surface area contributed by atoms with E-state index in [1.807, 2.05) is 0 Å². The van der Waals surface area contributed by atoms with Crippen molar-refractivity contribution >= 4 is 5.97 Å². The molecule has 0 heterocycles. The fourth-order valence-electron chi connectivity index (χ4n) is 3.15. The minimum absolute atomic E-state index is 0.0273. The Morgan fingerprint density at radius 2 is 1.53 bits per heavy atom. The molecule has 0 saturated carbocycles. The summed E-state index contributed by atoms with van der Waals surface area (Å²) >= 11 is 0. The van der Waals surface area contributed by atoms with Crippen molar-refractivity contribution in [2.24, 2.45) is 10.8 Å². The van der Waals surface area contributed by atoms with Crippen LogP contribution in [0.3, 0.4) is 0 Å². The molecule has 1 rings (SSSR count). The first-order valence-electron chi connectivity index (χ1n) is 6.51. The SMILES string of the molecule is CC(C)(C)C(c1ccc(C(=O)O)cc1O)C(C)(C)C. The third-order valence-electron chi connectivity index (χ3n) is 3.32. The minimum Gasteiger partial charge on any atom is -0.508 e. The third kappa shape index (κ3) is 3.49. The normalized spacial score (nSPS) is 12.8. The Kier molecular flexibility index (Phi) is 3.99. The maximum absolute atomic E-state index is 10.9. The first-order valence-corrected chi connectivity index (χ1v) is 6.51. The number of aromatic hydroxyl groups is 1. The third-order valence-corrected chi connectivity index (χ3v) is 3.32. The van der Waals surface area contributed by atoms with Gasteiger partial charge in [-0.1, -0.05) is 47.6 Å². The van der Waals surface area contributed by atoms with Crippen LogP contribution >= 0.6 is 0 Å². The molecule has 0 aromatic heterocycles. The fourth-order valence-corrected chi connectivity index (χ4v) is 3.15. The van der Waals surface area contributed by atoms with E-state index in [1.165, 1.54) is 6.07 Å². The number of benzene rings is 1. The number of rotatable bonds is 2. The van der Waals surface area contributed by atoms with Crippen LogP contribution in [0.5, 0.6) is 5.75 Å². The van der Waals surface area contributed by atoms with Crippen molar-refractivity contribution in [3.8, 4) is 5.75 Å². The molecule has 1 aromatic carbocycles. The van der Waals surface area contributed by atoms with Crippen molar-refractivity contribution in [3.05, 3.63) is 29.3 Å². The number of hydrogen-bond acceptors (Lipinski definition) is 2. The summed E-state index contributed by atoms with van der Waals surface area (Å²) in [5, 5.41) is 19.1. The van der Waals surface area contributed by atoms with Crippen LogP contribution in [0.2, 0.25) is 0 Å². The van der Waals surface area contributed by atoms with Crippen LogP contribution in [0.1, 0.15) is 63.4 Å². The Balaban J connectivity index is 3.37. The summed E-state index contributed by atoms with van der Waals surface area (Å²) in [6, 6.07) is 4.63. The van der Waals surface area contributed by atoms with E-state index in [0.29, 0.717) is 0 Å². The van der Waals surface area contributed by atoms with Gasteiger partial charge in [0.05, 0.1) is 5.56 Å². The molecule has 0 amide bonds. The largest absolute Gasteiger partial charge is 0.508 e. The Morgan fingerprint density at radius 3 is 1.84 bits per heavy atom. The molecule has 2 N–H and O–H groups in total. The molecule has 0 saturated heterocycles. The van der Waals surface area contributed by atoms with E-state index < -0.39 is 5.97 Å². The van der Waals surface area contributed by atoms with E-state index in [2.05, 4.69) is 41.5 Å². The second-order valence-corrected chi connectivity index (χ2v) is 7.24. The number of carboxylic acids is 1. The molecule has 19 heavy (non-hydrogen) atoms. The summed E-state index contributed by atoms with van der Waals surface area (Å²) in [4.78, 5) is 10.9. The van der Waals surface area contributed by atoms with Gasteiger partial charge in [-0.05, 0) is 34.4 Å². The minimum atomic E-state index is -1.02. The van der Waals surface area contributed by atoms with E-state index in [-0.39, 0.29) is 28.1 Å². The highest BCUT2D eigenvalue weighted by Crippen LogP contribution is 2.49. The Bertz CT molecular complexity index is 462. The molecule has 0 aliphatic rings. The van der Waals surface area contributed by atoms with Gasteiger partial charge in [-0.3, -0.25) is 0 Å². The zero-order valence-electron chi connectivity index (χ0n) is 12.6. The zero-order chi connectivity index (χ0) is 15.0. The van der Waals surface area contributed by atoms with Crippen LogP contribution < -0.4 is 0 Å². The van der Waals surface area contributed by atoms with Crippen LogP contribution in [-0.2, 0) is 0 Å². The fraction of sp³-hybridized carbons (Fsp3) is 0.562. The predicted molar refractivity (Wildman–Crippen MR) is 76.7 cm³/mol. The van der Waals surface area contributed by atoms with Gasteiger partial charge in [0.15, 0.2) is 0 Å². The van der Waals surface area contributed by atoms with Gasteiger partial charge in [-0.15, -0.1) is 0 Å². The lowest BCUT2D eigenvalue weighted by Gasteiger charge is -2.41. The molecule has 0 fully saturated rings. The quantitative estimate of drug-likeness (QED) is 0.838. The number of carboxylic acid groups (broad SMARTS) is 1. The number of carbonyl (C=O) groups is 1. The molecule has 1 aromatic rings. The van der Waals surface area contributed by atoms with E-state index in [1.54, 1.807) is 12.1 Å². The smallest absolute Gasteiger partial charge is 0.335 e. The summed E-state index contributed by atoms with van der Waals surface area (Å²) in [7, 11) is 0. The highest BCUT2D eigenvalue weighted by molar-refractivity contribution is 5.88. The molecule has 3 nitrogen and oxygen atoms in total. The van der Waals surface area contributed by atoms with Crippen LogP contribution in [0.4, 0.5) is 0 Å². The molecule has 0 unspecified atom stereocenters. The number of aromatic carboxylic acids is 1. The molecule has 0 radical (unpaired) electrons. The van der Waals surface area contributed by atoms with E-state index in [0.717, 1.165) is 5.56 Å². The maximum atomic E-state index is 10.9. The van der Waals surface area contributed by atoms with Crippen molar-refractivity contribution in [3.63, 3.8) is 0 Å². The Hall–Kier alpha value is -1.51. The summed E-state index contributed by atoms with van der Waals surface area (Å²) in [5.74, 6) is -0.831. The summed E-state index contributed by atoms with van der Waals surface area (Å²) in [6.07, 6.45) is 0. The number of hydrogen-bond donors (Lipinski definition) is 2. The molecular weight excluding hydrogens is 240 g/mol. The average Bonchev–Trinajstić information content (AvgIpc) is 2.16. The van der Waals surface area contributed by atoms with Crippen molar-refractivity contribution in [2.45, 2.75) is 47.5 Å². The van der Waals surface area contributed by atoms with Crippen LogP contribution in [0.15, 0.2) is 18.2 Å². The highest BCUT2D eigenvalue weighted by atomic mass is 16.4. The van der Waals surface area contributed by atoms with Crippen molar-refractivity contribution < 1.29 is 15.0 Å². The number of phenols is 1. The predicted octanol–water partition coefficient (Wildman–Crippen LogP) is 4.27. The molecule has 0 atom stereocenters. The zero-order valence-corrected chi connectivity index (χ0v) is 12.6. The Morgan fingerprint density at radius 1 is 1.05 bits per heavy atom. The van der Waals surface area contributed by atoms with E-state index in [9.17, 15) is 9.90 Å². The maximum Gasteiger partial charge on any atom is 0.335 e. The van der Waals surface area contributed by atoms with Crippen LogP contribution in [-0.4, -0.2) is 16.2 Å². The summed E-state index contributed by atoms with van der Waals surface area (Å²) in [6.45, 7) is 12.8. The molecule has 0 aliphatic heterocycles. The molecule has 3 heteroatoms. The van der Waals surface area contributed by atoms with Gasteiger partial charge in [-0.25, -0.2) is 4.79 Å². The first-order chi connectivity index (χ1) is 8.44. The van der Waals surface area contributed by atoms with E-state index >= 15 is 0 Å². The lowest BCUT2D eigenvalue weighted by atomic mass is 9.63. The van der Waals surface area contributed by atoms with Crippen LogP contribution in [0.25, 0.3) is 0 Å². The monoisotopic (exact) mass is 264 g/mol. The van der Waals surface area contributed by atoms with Crippen LogP contribution in [0, 0.1) is 10.8 Å². The second-order valence-electron chi connectivity index (χ2n) is 7.24. The van der Waals surface area contributed by atoms with Crippen molar-refractivity contribution in [1.82, 2.24) is 0 Å². The average molecular weight is 264 g/mol. The standard InChI is InChI=1S/C16H24O3/c1-15(2,3)13(16(4,5)6)11-8-7-10(14(18)19)9-12(11)17/h7-9,13,17H,1-6H3,(H,18,19). The summed E-state index contributed by atoms with van der Waals surface area (Å²) in [5.41, 5.74) is 0.869. The van der Waals surface area contributed by atoms with Gasteiger partial charge in [0.1, 0.15) is 5.75 Å². The molecule has 0 aliphatic carbocycles. The number of phenolic OH excluding ortho intramolecular Hbond substituents is 1. The van der Waals surface area contributed by atoms with Gasteiger partial charge in [0, 0.05) is 0 Å². The molecule has 0 spiro atoms. The van der Waals surface area contributed by atoms with Crippen molar-refractivity contribution in [1.29, 1.82) is 0 Å². The molecule has 106 valence electrons. The van der Waals surface area contributed by atoms with Gasteiger partial charge in [0.25, 0.3) is 0 Å². The Labute approximate surface area is 115 Å². The highest BCUT2D eigenvalue weighted by Gasteiger charge is 2.37. The van der Waals surface area contributed by atoms with E-state index in [4.69, 9.17) is 5.11 Å². The molecular formula is C16H24O3. The lowest BCUT2D eigenvalue weighted by molar-refractivity contribution is 0.0696. The van der Waals surface area contributed by atoms with Gasteiger partial charge >= 0.3 is 5.97 Å².